The van der Waals surface area contributed by atoms with E-state index in [0.717, 1.165) is 18.2 Å². The average molecular weight is 291 g/mol. The number of halogens is 3. The summed E-state index contributed by atoms with van der Waals surface area (Å²) < 4.78 is 37.8. The second-order valence-corrected chi connectivity index (χ2v) is 4.16. The molecule has 0 unspecified atom stereocenters. The molecule has 1 aromatic rings. The van der Waals surface area contributed by atoms with E-state index < -0.39 is 34.7 Å². The summed E-state index contributed by atoms with van der Waals surface area (Å²) in [7, 11) is 0. The van der Waals surface area contributed by atoms with Crippen LogP contribution in [0.1, 0.15) is 12.0 Å². The fraction of sp³-hybridized carbons (Fsp3) is 0.300. The number of phenols is 1. The van der Waals surface area contributed by atoms with Gasteiger partial charge in [0.15, 0.2) is 0 Å². The normalized spacial score (nSPS) is 22.3. The van der Waals surface area contributed by atoms with Gasteiger partial charge in [0.05, 0.1) is 17.1 Å². The van der Waals surface area contributed by atoms with Gasteiger partial charge in [0.25, 0.3) is 11.4 Å². The summed E-state index contributed by atoms with van der Waals surface area (Å²) in [6.45, 7) is 0. The number of nitrogens with one attached hydrogen (secondary N) is 1. The fourth-order valence-electron chi connectivity index (χ4n) is 1.67. The molecule has 3 N–H and O–H groups in total. The Hall–Kier alpha value is -2.36. The monoisotopic (exact) mass is 291 g/mol. The minimum atomic E-state index is -4.98. The van der Waals surface area contributed by atoms with Crippen LogP contribution in [-0.2, 0) is 0 Å². The van der Waals surface area contributed by atoms with E-state index in [-0.39, 0.29) is 11.3 Å². The molecule has 0 amide bonds. The summed E-state index contributed by atoms with van der Waals surface area (Å²) in [5.74, 6) is -0.470. The number of alkyl halides is 3. The van der Waals surface area contributed by atoms with Gasteiger partial charge in [-0.3, -0.25) is 15.5 Å². The predicted octanol–water partition coefficient (Wildman–Crippen LogP) is 1.25. The second kappa shape index (κ2) is 4.34. The Balaban J connectivity index is 2.35. The zero-order valence-electron chi connectivity index (χ0n) is 9.68. The van der Waals surface area contributed by atoms with Crippen LogP contribution in [0.2, 0.25) is 0 Å². The van der Waals surface area contributed by atoms with Gasteiger partial charge in [-0.1, -0.05) is 0 Å². The number of nitro benzene ring substituents is 1. The van der Waals surface area contributed by atoms with Crippen molar-refractivity contribution in [1.29, 1.82) is 0 Å². The minimum Gasteiger partial charge on any atom is -0.507 e. The fourth-order valence-corrected chi connectivity index (χ4v) is 1.67. The highest BCUT2D eigenvalue weighted by Crippen LogP contribution is 2.36. The standard InChI is InChI=1S/C10H8F3N3O4/c11-10(12,13)9(18)4-7(14-15-9)6-3-5(16(19)20)1-2-8(6)17/h1-3,15,17-18H,4H2/t9-/m0/s1. The second-order valence-electron chi connectivity index (χ2n) is 4.16. The summed E-state index contributed by atoms with van der Waals surface area (Å²) in [5.41, 5.74) is -2.70. The molecule has 1 aromatic carbocycles. The van der Waals surface area contributed by atoms with Gasteiger partial charge >= 0.3 is 6.18 Å². The Kier molecular flexibility index (Phi) is 3.05. The molecule has 1 aliphatic heterocycles. The number of hydrogen-bond acceptors (Lipinski definition) is 6. The van der Waals surface area contributed by atoms with Crippen LogP contribution < -0.4 is 5.43 Å². The molecule has 10 heteroatoms. The third-order valence-corrected chi connectivity index (χ3v) is 2.77. The van der Waals surface area contributed by atoms with Crippen LogP contribution in [0.25, 0.3) is 0 Å². The molecular weight excluding hydrogens is 283 g/mol. The van der Waals surface area contributed by atoms with E-state index in [0.29, 0.717) is 0 Å². The average Bonchev–Trinajstić information content (AvgIpc) is 2.72. The molecule has 1 heterocycles. The lowest BCUT2D eigenvalue weighted by Crippen LogP contribution is -2.52. The first-order valence-corrected chi connectivity index (χ1v) is 5.25. The van der Waals surface area contributed by atoms with Gasteiger partial charge in [-0.25, -0.2) is 0 Å². The molecule has 0 saturated heterocycles. The predicted molar refractivity (Wildman–Crippen MR) is 60.1 cm³/mol. The zero-order chi connectivity index (χ0) is 15.1. The number of rotatable bonds is 2. The van der Waals surface area contributed by atoms with Gasteiger partial charge < -0.3 is 10.2 Å². The van der Waals surface area contributed by atoms with Crippen molar-refractivity contribution >= 4 is 11.4 Å². The molecule has 2 rings (SSSR count). The molecule has 7 nitrogen and oxygen atoms in total. The number of benzene rings is 1. The number of aromatic hydroxyl groups is 1. The summed E-state index contributed by atoms with van der Waals surface area (Å²) >= 11 is 0. The van der Waals surface area contributed by atoms with Crippen LogP contribution in [0.5, 0.6) is 5.75 Å². The number of nitrogens with zero attached hydrogens (tertiary/aromatic N) is 2. The molecule has 0 aromatic heterocycles. The van der Waals surface area contributed by atoms with Crippen molar-refractivity contribution in [2.75, 3.05) is 0 Å². The van der Waals surface area contributed by atoms with E-state index in [1.807, 2.05) is 0 Å². The first-order chi connectivity index (χ1) is 9.14. The number of non-ortho nitro benzene ring substituents is 1. The molecule has 0 aliphatic carbocycles. The van der Waals surface area contributed by atoms with Crippen LogP contribution in [0.3, 0.4) is 0 Å². The van der Waals surface area contributed by atoms with E-state index in [2.05, 4.69) is 5.10 Å². The lowest BCUT2D eigenvalue weighted by molar-refractivity contribution is -0.384. The Bertz CT molecular complexity index is 602. The van der Waals surface area contributed by atoms with Gasteiger partial charge in [-0.2, -0.15) is 18.3 Å². The first-order valence-electron chi connectivity index (χ1n) is 5.25. The van der Waals surface area contributed by atoms with Gasteiger partial charge in [-0.15, -0.1) is 0 Å². The molecule has 0 saturated carbocycles. The van der Waals surface area contributed by atoms with E-state index in [1.165, 1.54) is 5.43 Å². The van der Waals surface area contributed by atoms with E-state index in [4.69, 9.17) is 0 Å². The highest BCUT2D eigenvalue weighted by Gasteiger charge is 2.57. The Morgan fingerprint density at radius 2 is 2.10 bits per heavy atom. The number of aliphatic hydroxyl groups is 1. The van der Waals surface area contributed by atoms with Crippen molar-refractivity contribution in [2.45, 2.75) is 18.3 Å². The summed E-state index contributed by atoms with van der Waals surface area (Å²) in [6.07, 6.45) is -5.94. The summed E-state index contributed by atoms with van der Waals surface area (Å²) in [5, 5.41) is 32.8. The van der Waals surface area contributed by atoms with Gasteiger partial charge in [0, 0.05) is 17.7 Å². The minimum absolute atomic E-state index is 0.244. The molecule has 108 valence electrons. The molecule has 20 heavy (non-hydrogen) atoms. The number of hydrogen-bond donors (Lipinski definition) is 3. The van der Waals surface area contributed by atoms with E-state index >= 15 is 0 Å². The Morgan fingerprint density at radius 1 is 1.45 bits per heavy atom. The SMILES string of the molecule is O=[N+]([O-])c1ccc(O)c(C2=NN[C@@](O)(C(F)(F)F)C2)c1. The zero-order valence-corrected chi connectivity index (χ0v) is 9.68. The topological polar surface area (TPSA) is 108 Å². The van der Waals surface area contributed by atoms with Crippen LogP contribution in [0.4, 0.5) is 18.9 Å². The van der Waals surface area contributed by atoms with Crippen LogP contribution in [0.15, 0.2) is 23.3 Å². The quantitative estimate of drug-likeness (QED) is 0.561. The van der Waals surface area contributed by atoms with Gasteiger partial charge in [0.1, 0.15) is 5.75 Å². The maximum Gasteiger partial charge on any atom is 0.438 e. The van der Waals surface area contributed by atoms with Crippen molar-refractivity contribution in [3.63, 3.8) is 0 Å². The van der Waals surface area contributed by atoms with E-state index in [9.17, 15) is 33.5 Å². The van der Waals surface area contributed by atoms with E-state index in [1.54, 1.807) is 0 Å². The third kappa shape index (κ3) is 2.25. The van der Waals surface area contributed by atoms with Gasteiger partial charge in [0.2, 0.25) is 0 Å². The Morgan fingerprint density at radius 3 is 2.60 bits per heavy atom. The summed E-state index contributed by atoms with van der Waals surface area (Å²) in [6, 6.07) is 2.86. The third-order valence-electron chi connectivity index (χ3n) is 2.77. The number of phenolic OH excluding ortho intramolecular Hbond substituents is 1. The largest absolute Gasteiger partial charge is 0.507 e. The molecule has 0 bridgehead atoms. The highest BCUT2D eigenvalue weighted by molar-refractivity contribution is 6.04. The van der Waals surface area contributed by atoms with Crippen molar-refractivity contribution in [3.05, 3.63) is 33.9 Å². The van der Waals surface area contributed by atoms with Gasteiger partial charge in [-0.05, 0) is 6.07 Å². The van der Waals surface area contributed by atoms with Crippen LogP contribution >= 0.6 is 0 Å². The lowest BCUT2D eigenvalue weighted by atomic mass is 10.0. The molecule has 0 spiro atoms. The Labute approximate surface area is 109 Å². The summed E-state index contributed by atoms with van der Waals surface area (Å²) in [4.78, 5) is 9.84. The number of nitro groups is 1. The molecule has 1 aliphatic rings. The van der Waals surface area contributed by atoms with Crippen LogP contribution in [-0.4, -0.2) is 32.7 Å². The smallest absolute Gasteiger partial charge is 0.438 e. The van der Waals surface area contributed by atoms with Crippen molar-refractivity contribution < 1.29 is 28.3 Å². The van der Waals surface area contributed by atoms with Crippen molar-refractivity contribution in [3.8, 4) is 5.75 Å². The molecular formula is C10H8F3N3O4. The highest BCUT2D eigenvalue weighted by atomic mass is 19.4. The molecule has 0 fully saturated rings. The van der Waals surface area contributed by atoms with Crippen LogP contribution in [0, 0.1) is 10.1 Å². The lowest BCUT2D eigenvalue weighted by Gasteiger charge is -2.24. The van der Waals surface area contributed by atoms with Crippen molar-refractivity contribution in [2.24, 2.45) is 5.10 Å². The number of hydrazone groups is 1. The molecule has 1 atom stereocenters. The first kappa shape index (κ1) is 14.1. The maximum absolute atomic E-state index is 12.6. The maximum atomic E-state index is 12.6. The molecule has 0 radical (unpaired) electrons. The van der Waals surface area contributed by atoms with Crippen molar-refractivity contribution in [1.82, 2.24) is 5.43 Å².